The first-order chi connectivity index (χ1) is 17.8. The minimum atomic E-state index is -4.17. The molecule has 0 saturated carbocycles. The van der Waals surface area contributed by atoms with Crippen molar-refractivity contribution in [1.82, 2.24) is 15.0 Å². The molecule has 0 fully saturated rings. The third-order valence-electron chi connectivity index (χ3n) is 5.24. The molecule has 37 heavy (non-hydrogen) atoms. The molecule has 0 bridgehead atoms. The van der Waals surface area contributed by atoms with E-state index in [0.717, 1.165) is 18.2 Å². The molecule has 3 aromatic rings. The van der Waals surface area contributed by atoms with Crippen LogP contribution < -0.4 is 15.4 Å². The van der Waals surface area contributed by atoms with Gasteiger partial charge in [0.25, 0.3) is 21.8 Å². The van der Waals surface area contributed by atoms with Crippen LogP contribution in [0.2, 0.25) is 0 Å². The van der Waals surface area contributed by atoms with Crippen molar-refractivity contribution in [1.29, 1.82) is 0 Å². The van der Waals surface area contributed by atoms with E-state index in [1.165, 1.54) is 43.5 Å². The van der Waals surface area contributed by atoms with Crippen LogP contribution in [0.25, 0.3) is 0 Å². The molecule has 0 aliphatic heterocycles. The SMILES string of the molecule is COCCNC(=O)c1ccc(C(=O)NS(=O)(=O)c2ccc(NC(=O)CCCc3ccccc3)cc2)cn1. The molecule has 10 nitrogen and oxygen atoms in total. The Hall–Kier alpha value is -4.09. The van der Waals surface area contributed by atoms with Gasteiger partial charge >= 0.3 is 0 Å². The number of amides is 3. The molecule has 11 heteroatoms. The topological polar surface area (TPSA) is 144 Å². The lowest BCUT2D eigenvalue weighted by Gasteiger charge is -2.09. The van der Waals surface area contributed by atoms with Crippen molar-refractivity contribution in [2.24, 2.45) is 0 Å². The summed E-state index contributed by atoms with van der Waals surface area (Å²) in [4.78, 5) is 40.4. The molecule has 0 atom stereocenters. The maximum atomic E-state index is 12.6. The number of aromatic nitrogens is 1. The van der Waals surface area contributed by atoms with Gasteiger partial charge < -0.3 is 15.4 Å². The Kier molecular flexibility index (Phi) is 9.87. The van der Waals surface area contributed by atoms with E-state index >= 15 is 0 Å². The maximum absolute atomic E-state index is 12.6. The molecule has 3 amide bonds. The van der Waals surface area contributed by atoms with Gasteiger partial charge in [-0.1, -0.05) is 30.3 Å². The normalized spacial score (nSPS) is 10.9. The number of rotatable bonds is 12. The lowest BCUT2D eigenvalue weighted by molar-refractivity contribution is -0.116. The Balaban J connectivity index is 1.51. The fraction of sp³-hybridized carbons (Fsp3) is 0.231. The Labute approximate surface area is 215 Å². The minimum absolute atomic E-state index is 0.0311. The number of sulfonamides is 1. The Morgan fingerprint density at radius 3 is 2.30 bits per heavy atom. The van der Waals surface area contributed by atoms with Crippen LogP contribution in [0.3, 0.4) is 0 Å². The Bertz CT molecular complexity index is 1310. The molecule has 3 N–H and O–H groups in total. The molecule has 0 unspecified atom stereocenters. The summed E-state index contributed by atoms with van der Waals surface area (Å²) in [6, 6.07) is 18.0. The standard InChI is InChI=1S/C26H28N4O6S/c1-36-17-16-27-26(33)23-15-10-20(18-28-23)25(32)30-37(34,35)22-13-11-21(12-14-22)29-24(31)9-5-8-19-6-3-2-4-7-19/h2-4,6-7,10-15,18H,5,8-9,16-17H2,1H3,(H,27,33)(H,29,31)(H,30,32). The molecule has 0 aliphatic rings. The van der Waals surface area contributed by atoms with E-state index in [-0.39, 0.29) is 22.1 Å². The second-order valence-corrected chi connectivity index (χ2v) is 9.71. The monoisotopic (exact) mass is 524 g/mol. The minimum Gasteiger partial charge on any atom is -0.383 e. The van der Waals surface area contributed by atoms with Crippen LogP contribution in [0.1, 0.15) is 39.3 Å². The number of carbonyl (C=O) groups is 3. The number of anilines is 1. The largest absolute Gasteiger partial charge is 0.383 e. The van der Waals surface area contributed by atoms with Gasteiger partial charge in [-0.25, -0.2) is 13.1 Å². The predicted molar refractivity (Wildman–Crippen MR) is 138 cm³/mol. The highest BCUT2D eigenvalue weighted by molar-refractivity contribution is 7.90. The number of benzene rings is 2. The van der Waals surface area contributed by atoms with E-state index in [1.54, 1.807) is 0 Å². The summed E-state index contributed by atoms with van der Waals surface area (Å²) in [6.45, 7) is 0.639. The van der Waals surface area contributed by atoms with Crippen molar-refractivity contribution in [2.45, 2.75) is 24.2 Å². The smallest absolute Gasteiger partial charge is 0.269 e. The first-order valence-electron chi connectivity index (χ1n) is 11.5. The van der Waals surface area contributed by atoms with Crippen LogP contribution in [0, 0.1) is 0 Å². The van der Waals surface area contributed by atoms with Crippen LogP contribution in [0.4, 0.5) is 5.69 Å². The summed E-state index contributed by atoms with van der Waals surface area (Å²) >= 11 is 0. The molecule has 1 heterocycles. The van der Waals surface area contributed by atoms with Crippen LogP contribution in [-0.2, 0) is 26.0 Å². The summed E-state index contributed by atoms with van der Waals surface area (Å²) in [7, 11) is -2.67. The predicted octanol–water partition coefficient (Wildman–Crippen LogP) is 2.54. The molecule has 194 valence electrons. The van der Waals surface area contributed by atoms with E-state index in [2.05, 4.69) is 15.6 Å². The van der Waals surface area contributed by atoms with Gasteiger partial charge in [0.2, 0.25) is 5.91 Å². The van der Waals surface area contributed by atoms with Crippen molar-refractivity contribution < 1.29 is 27.5 Å². The average Bonchev–Trinajstić information content (AvgIpc) is 2.89. The number of hydrogen-bond donors (Lipinski definition) is 3. The van der Waals surface area contributed by atoms with E-state index in [9.17, 15) is 22.8 Å². The van der Waals surface area contributed by atoms with Crippen LogP contribution >= 0.6 is 0 Å². The van der Waals surface area contributed by atoms with Gasteiger partial charge in [0, 0.05) is 32.0 Å². The lowest BCUT2D eigenvalue weighted by Crippen LogP contribution is -2.31. The second kappa shape index (κ2) is 13.3. The summed E-state index contributed by atoms with van der Waals surface area (Å²) in [6.07, 6.45) is 2.91. The van der Waals surface area contributed by atoms with Crippen molar-refractivity contribution in [2.75, 3.05) is 25.6 Å². The Morgan fingerprint density at radius 1 is 0.919 bits per heavy atom. The van der Waals surface area contributed by atoms with E-state index in [0.29, 0.717) is 31.7 Å². The fourth-order valence-corrected chi connectivity index (χ4v) is 4.27. The van der Waals surface area contributed by atoms with Crippen molar-refractivity contribution in [3.8, 4) is 0 Å². The molecule has 2 aromatic carbocycles. The molecule has 0 saturated heterocycles. The zero-order valence-corrected chi connectivity index (χ0v) is 21.1. The first kappa shape index (κ1) is 27.5. The molecule has 0 radical (unpaired) electrons. The summed E-state index contributed by atoms with van der Waals surface area (Å²) in [5.74, 6) is -1.52. The molecule has 0 aliphatic carbocycles. The number of aryl methyl sites for hydroxylation is 1. The summed E-state index contributed by atoms with van der Waals surface area (Å²) in [5, 5.41) is 5.33. The summed E-state index contributed by atoms with van der Waals surface area (Å²) in [5.41, 5.74) is 1.64. The van der Waals surface area contributed by atoms with E-state index in [4.69, 9.17) is 4.74 Å². The first-order valence-corrected chi connectivity index (χ1v) is 13.0. The quantitative estimate of drug-likeness (QED) is 0.309. The molecular weight excluding hydrogens is 496 g/mol. The van der Waals surface area contributed by atoms with Crippen LogP contribution in [0.5, 0.6) is 0 Å². The van der Waals surface area contributed by atoms with Crippen LogP contribution in [0.15, 0.2) is 77.8 Å². The number of nitrogens with one attached hydrogen (secondary N) is 3. The Morgan fingerprint density at radius 2 is 1.65 bits per heavy atom. The zero-order chi connectivity index (χ0) is 26.7. The lowest BCUT2D eigenvalue weighted by atomic mass is 10.1. The van der Waals surface area contributed by atoms with E-state index in [1.807, 2.05) is 35.1 Å². The molecular formula is C26H28N4O6S. The number of hydrogen-bond acceptors (Lipinski definition) is 7. The van der Waals surface area contributed by atoms with Gasteiger partial charge in [0.05, 0.1) is 17.1 Å². The second-order valence-electron chi connectivity index (χ2n) is 8.03. The van der Waals surface area contributed by atoms with Crippen LogP contribution in [-0.4, -0.2) is 51.4 Å². The molecule has 0 spiro atoms. The van der Waals surface area contributed by atoms with Crippen molar-refractivity contribution in [3.63, 3.8) is 0 Å². The van der Waals surface area contributed by atoms with Gasteiger partial charge in [-0.3, -0.25) is 19.4 Å². The number of ether oxygens (including phenoxy) is 1. The highest BCUT2D eigenvalue weighted by Gasteiger charge is 2.19. The third kappa shape index (κ3) is 8.51. The summed E-state index contributed by atoms with van der Waals surface area (Å²) < 4.78 is 32.1. The van der Waals surface area contributed by atoms with Gasteiger partial charge in [-0.05, 0) is 54.8 Å². The number of methoxy groups -OCH3 is 1. The molecule has 1 aromatic heterocycles. The van der Waals surface area contributed by atoms with Gasteiger partial charge in [0.1, 0.15) is 5.69 Å². The molecule has 3 rings (SSSR count). The third-order valence-corrected chi connectivity index (χ3v) is 6.58. The van der Waals surface area contributed by atoms with E-state index < -0.39 is 21.8 Å². The number of pyridine rings is 1. The fourth-order valence-electron chi connectivity index (χ4n) is 3.30. The average molecular weight is 525 g/mol. The van der Waals surface area contributed by atoms with Crippen molar-refractivity contribution >= 4 is 33.4 Å². The zero-order valence-electron chi connectivity index (χ0n) is 20.3. The van der Waals surface area contributed by atoms with Crippen molar-refractivity contribution in [3.05, 3.63) is 89.7 Å². The number of carbonyl (C=O) groups excluding carboxylic acids is 3. The highest BCUT2D eigenvalue weighted by atomic mass is 32.2. The number of nitrogens with zero attached hydrogens (tertiary/aromatic N) is 1. The highest BCUT2D eigenvalue weighted by Crippen LogP contribution is 2.15. The maximum Gasteiger partial charge on any atom is 0.269 e. The van der Waals surface area contributed by atoms with Gasteiger partial charge in [-0.2, -0.15) is 0 Å². The van der Waals surface area contributed by atoms with Gasteiger partial charge in [-0.15, -0.1) is 0 Å². The van der Waals surface area contributed by atoms with Gasteiger partial charge in [0.15, 0.2) is 0 Å².